The summed E-state index contributed by atoms with van der Waals surface area (Å²) in [5, 5.41) is 6.21. The molecule has 5 nitrogen and oxygen atoms in total. The highest BCUT2D eigenvalue weighted by Gasteiger charge is 2.27. The third-order valence-electron chi connectivity index (χ3n) is 5.82. The number of nitrogens with one attached hydrogen (secondary N) is 2. The number of piperidine rings is 1. The van der Waals surface area contributed by atoms with Crippen LogP contribution in [0.1, 0.15) is 45.4 Å². The minimum Gasteiger partial charge on any atom is -0.352 e. The molecule has 26 heavy (non-hydrogen) atoms. The number of hydrogen-bond acceptors (Lipinski definition) is 3. The molecule has 0 radical (unpaired) electrons. The molecular weight excluding hydrogens is 326 g/mol. The first kappa shape index (κ1) is 18.9. The molecule has 1 aromatic carbocycles. The largest absolute Gasteiger partial charge is 0.352 e. The van der Waals surface area contributed by atoms with Gasteiger partial charge < -0.3 is 10.6 Å². The first-order valence-corrected chi connectivity index (χ1v) is 9.99. The normalized spacial score (nSPS) is 24.8. The zero-order chi connectivity index (χ0) is 18.4. The Kier molecular flexibility index (Phi) is 6.67. The average Bonchev–Trinajstić information content (AvgIpc) is 2.65. The molecule has 142 valence electrons. The van der Waals surface area contributed by atoms with Crippen LogP contribution in [0.15, 0.2) is 30.3 Å². The van der Waals surface area contributed by atoms with Crippen LogP contribution < -0.4 is 10.6 Å². The van der Waals surface area contributed by atoms with Gasteiger partial charge in [-0.3, -0.25) is 14.5 Å². The van der Waals surface area contributed by atoms with Gasteiger partial charge in [0.1, 0.15) is 0 Å². The third kappa shape index (κ3) is 5.31. The summed E-state index contributed by atoms with van der Waals surface area (Å²) in [6, 6.07) is 9.93. The van der Waals surface area contributed by atoms with E-state index in [0.717, 1.165) is 38.0 Å². The SMILES string of the molecule is C[C@@H]1CCCC[C@H]1NC(=O)CN1CCC(C(=O)Nc2ccccc2)CC1. The highest BCUT2D eigenvalue weighted by atomic mass is 16.2. The number of benzene rings is 1. The second kappa shape index (κ2) is 9.17. The van der Waals surface area contributed by atoms with Gasteiger partial charge in [-0.2, -0.15) is 0 Å². The molecule has 0 aromatic heterocycles. The number of carbonyl (C=O) groups is 2. The monoisotopic (exact) mass is 357 g/mol. The Morgan fingerprint density at radius 1 is 1.04 bits per heavy atom. The molecule has 3 rings (SSSR count). The van der Waals surface area contributed by atoms with Gasteiger partial charge in [0.15, 0.2) is 0 Å². The molecule has 2 atom stereocenters. The zero-order valence-corrected chi connectivity index (χ0v) is 15.7. The Hall–Kier alpha value is -1.88. The summed E-state index contributed by atoms with van der Waals surface area (Å²) < 4.78 is 0. The molecule has 1 saturated heterocycles. The summed E-state index contributed by atoms with van der Waals surface area (Å²) in [6.07, 6.45) is 6.45. The Bertz CT molecular complexity index is 597. The lowest BCUT2D eigenvalue weighted by Gasteiger charge is -2.33. The van der Waals surface area contributed by atoms with Crippen molar-refractivity contribution in [3.63, 3.8) is 0 Å². The number of nitrogens with zero attached hydrogens (tertiary/aromatic N) is 1. The molecule has 1 aliphatic carbocycles. The second-order valence-electron chi connectivity index (χ2n) is 7.84. The molecular formula is C21H31N3O2. The van der Waals surface area contributed by atoms with Crippen molar-refractivity contribution >= 4 is 17.5 Å². The highest BCUT2D eigenvalue weighted by Crippen LogP contribution is 2.24. The van der Waals surface area contributed by atoms with Crippen molar-refractivity contribution in [2.45, 2.75) is 51.5 Å². The molecule has 0 unspecified atom stereocenters. The lowest BCUT2D eigenvalue weighted by Crippen LogP contribution is -2.47. The molecule has 1 aromatic rings. The number of amides is 2. The number of likely N-dealkylation sites (tertiary alicyclic amines) is 1. The first-order chi connectivity index (χ1) is 12.6. The lowest BCUT2D eigenvalue weighted by molar-refractivity contribution is -0.124. The second-order valence-corrected chi connectivity index (χ2v) is 7.84. The maximum absolute atomic E-state index is 12.4. The number of hydrogen-bond donors (Lipinski definition) is 2. The Morgan fingerprint density at radius 2 is 1.73 bits per heavy atom. The van der Waals surface area contributed by atoms with E-state index in [0.29, 0.717) is 18.5 Å². The number of rotatable bonds is 5. The summed E-state index contributed by atoms with van der Waals surface area (Å²) >= 11 is 0. The van der Waals surface area contributed by atoms with Crippen LogP contribution in [0.3, 0.4) is 0 Å². The van der Waals surface area contributed by atoms with Gasteiger partial charge in [0.2, 0.25) is 11.8 Å². The fourth-order valence-electron chi connectivity index (χ4n) is 4.11. The van der Waals surface area contributed by atoms with Crippen LogP contribution >= 0.6 is 0 Å². The first-order valence-electron chi connectivity index (χ1n) is 9.99. The molecule has 2 N–H and O–H groups in total. The number of para-hydroxylation sites is 1. The molecule has 1 aliphatic heterocycles. The van der Waals surface area contributed by atoms with Crippen molar-refractivity contribution < 1.29 is 9.59 Å². The van der Waals surface area contributed by atoms with Gasteiger partial charge in [0.25, 0.3) is 0 Å². The van der Waals surface area contributed by atoms with Gasteiger partial charge in [0.05, 0.1) is 6.54 Å². The third-order valence-corrected chi connectivity index (χ3v) is 5.82. The Morgan fingerprint density at radius 3 is 2.42 bits per heavy atom. The van der Waals surface area contributed by atoms with E-state index in [9.17, 15) is 9.59 Å². The smallest absolute Gasteiger partial charge is 0.234 e. The molecule has 5 heteroatoms. The van der Waals surface area contributed by atoms with Crippen molar-refractivity contribution in [1.82, 2.24) is 10.2 Å². The molecule has 2 aliphatic rings. The maximum atomic E-state index is 12.4. The fourth-order valence-corrected chi connectivity index (χ4v) is 4.11. The van der Waals surface area contributed by atoms with E-state index in [1.54, 1.807) is 0 Å². The summed E-state index contributed by atoms with van der Waals surface area (Å²) in [7, 11) is 0. The predicted octanol–water partition coefficient (Wildman–Crippen LogP) is 3.03. The van der Waals surface area contributed by atoms with E-state index in [-0.39, 0.29) is 17.7 Å². The van der Waals surface area contributed by atoms with Gasteiger partial charge in [-0.1, -0.05) is 38.0 Å². The molecule has 1 heterocycles. The number of anilines is 1. The summed E-state index contributed by atoms with van der Waals surface area (Å²) in [5.74, 6) is 0.847. The Balaban J connectivity index is 1.39. The highest BCUT2D eigenvalue weighted by molar-refractivity contribution is 5.92. The van der Waals surface area contributed by atoms with Crippen LogP contribution in [-0.4, -0.2) is 42.4 Å². The van der Waals surface area contributed by atoms with Crippen molar-refractivity contribution in [3.05, 3.63) is 30.3 Å². The number of carbonyl (C=O) groups excluding carboxylic acids is 2. The predicted molar refractivity (Wildman–Crippen MR) is 104 cm³/mol. The van der Waals surface area contributed by atoms with Gasteiger partial charge in [0, 0.05) is 17.6 Å². The maximum Gasteiger partial charge on any atom is 0.234 e. The van der Waals surface area contributed by atoms with Gasteiger partial charge >= 0.3 is 0 Å². The molecule has 2 amide bonds. The molecule has 1 saturated carbocycles. The van der Waals surface area contributed by atoms with Crippen LogP contribution in [0.4, 0.5) is 5.69 Å². The van der Waals surface area contributed by atoms with E-state index < -0.39 is 0 Å². The van der Waals surface area contributed by atoms with E-state index in [1.807, 2.05) is 30.3 Å². The lowest BCUT2D eigenvalue weighted by atomic mass is 9.86. The van der Waals surface area contributed by atoms with Crippen molar-refractivity contribution in [1.29, 1.82) is 0 Å². The van der Waals surface area contributed by atoms with Crippen LogP contribution in [0.25, 0.3) is 0 Å². The molecule has 0 bridgehead atoms. The van der Waals surface area contributed by atoms with E-state index >= 15 is 0 Å². The van der Waals surface area contributed by atoms with Crippen LogP contribution in [-0.2, 0) is 9.59 Å². The van der Waals surface area contributed by atoms with Gasteiger partial charge in [-0.15, -0.1) is 0 Å². The topological polar surface area (TPSA) is 61.4 Å². The van der Waals surface area contributed by atoms with Gasteiger partial charge in [-0.25, -0.2) is 0 Å². The minimum absolute atomic E-state index is 0.0351. The molecule has 0 spiro atoms. The summed E-state index contributed by atoms with van der Waals surface area (Å²) in [6.45, 7) is 4.30. The quantitative estimate of drug-likeness (QED) is 0.851. The standard InChI is InChI=1S/C21H31N3O2/c1-16-7-5-6-10-19(16)23-20(25)15-24-13-11-17(12-14-24)21(26)22-18-8-3-2-4-9-18/h2-4,8-9,16-17,19H,5-7,10-15H2,1H3,(H,22,26)(H,23,25)/t16-,19-/m1/s1. The van der Waals surface area contributed by atoms with Crippen molar-refractivity contribution in [2.75, 3.05) is 25.0 Å². The average molecular weight is 357 g/mol. The molecule has 2 fully saturated rings. The van der Waals surface area contributed by atoms with E-state index in [2.05, 4.69) is 22.5 Å². The van der Waals surface area contributed by atoms with Crippen molar-refractivity contribution in [2.24, 2.45) is 11.8 Å². The van der Waals surface area contributed by atoms with Crippen LogP contribution in [0.5, 0.6) is 0 Å². The van der Waals surface area contributed by atoms with E-state index in [1.165, 1.54) is 19.3 Å². The zero-order valence-electron chi connectivity index (χ0n) is 15.7. The minimum atomic E-state index is 0.0351. The fraction of sp³-hybridized carbons (Fsp3) is 0.619. The van der Waals surface area contributed by atoms with Crippen molar-refractivity contribution in [3.8, 4) is 0 Å². The summed E-state index contributed by atoms with van der Waals surface area (Å²) in [5.41, 5.74) is 0.848. The van der Waals surface area contributed by atoms with E-state index in [4.69, 9.17) is 0 Å². The van der Waals surface area contributed by atoms with Crippen LogP contribution in [0.2, 0.25) is 0 Å². The Labute approximate surface area is 156 Å². The van der Waals surface area contributed by atoms with Gasteiger partial charge in [-0.05, 0) is 56.8 Å². The van der Waals surface area contributed by atoms with Crippen LogP contribution in [0, 0.1) is 11.8 Å². The summed E-state index contributed by atoms with van der Waals surface area (Å²) in [4.78, 5) is 26.9.